The highest BCUT2D eigenvalue weighted by molar-refractivity contribution is 9.10. The summed E-state index contributed by atoms with van der Waals surface area (Å²) in [4.78, 5) is 16.2. The summed E-state index contributed by atoms with van der Waals surface area (Å²) >= 11 is 3.46. The Kier molecular flexibility index (Phi) is 4.30. The molecule has 1 heterocycles. The summed E-state index contributed by atoms with van der Waals surface area (Å²) in [5.41, 5.74) is 2.61. The summed E-state index contributed by atoms with van der Waals surface area (Å²) in [5.74, 6) is -0.0204. The molecule has 4 heteroatoms. The number of halogens is 1. The number of hydrogen-bond acceptors (Lipinski definition) is 2. The molecule has 0 fully saturated rings. The summed E-state index contributed by atoms with van der Waals surface area (Å²) < 4.78 is 2.86. The van der Waals surface area contributed by atoms with Crippen LogP contribution < -0.4 is 0 Å². The van der Waals surface area contributed by atoms with Gasteiger partial charge >= 0.3 is 0 Å². The number of hydrogen-bond donors (Lipinski definition) is 0. The normalized spacial score (nSPS) is 11.0. The number of carbonyl (C=O) groups excluding carboxylic acids is 1. The lowest BCUT2D eigenvalue weighted by Gasteiger charge is -2.02. The number of rotatable bonds is 4. The van der Waals surface area contributed by atoms with E-state index < -0.39 is 0 Å². The van der Waals surface area contributed by atoms with Crippen molar-refractivity contribution in [2.45, 2.75) is 0 Å². The van der Waals surface area contributed by atoms with Gasteiger partial charge in [-0.2, -0.15) is 0 Å². The Balaban J connectivity index is 1.77. The Bertz CT molecular complexity index is 805. The van der Waals surface area contributed by atoms with Crippen LogP contribution in [0.25, 0.3) is 11.8 Å². The maximum absolute atomic E-state index is 12.2. The number of allylic oxidation sites excluding steroid dienone is 1. The minimum Gasteiger partial charge on any atom is -0.306 e. The van der Waals surface area contributed by atoms with E-state index in [1.807, 2.05) is 65.4 Å². The first-order valence-corrected chi connectivity index (χ1v) is 7.59. The Labute approximate surface area is 137 Å². The number of benzene rings is 2. The van der Waals surface area contributed by atoms with Gasteiger partial charge in [-0.3, -0.25) is 4.79 Å². The largest absolute Gasteiger partial charge is 0.306 e. The lowest BCUT2D eigenvalue weighted by Crippen LogP contribution is -1.96. The molecule has 1 aromatic heterocycles. The van der Waals surface area contributed by atoms with E-state index in [-0.39, 0.29) is 5.78 Å². The lowest BCUT2D eigenvalue weighted by atomic mass is 10.1. The van der Waals surface area contributed by atoms with Crippen molar-refractivity contribution in [1.82, 2.24) is 9.55 Å². The Morgan fingerprint density at radius 2 is 1.86 bits per heavy atom. The number of carbonyl (C=O) groups is 1. The second-order valence-electron chi connectivity index (χ2n) is 4.74. The molecule has 0 atom stereocenters. The monoisotopic (exact) mass is 352 g/mol. The van der Waals surface area contributed by atoms with E-state index in [0.29, 0.717) is 5.56 Å². The van der Waals surface area contributed by atoms with Crippen LogP contribution in [0.1, 0.15) is 15.9 Å². The van der Waals surface area contributed by atoms with Gasteiger partial charge < -0.3 is 4.57 Å². The molecule has 0 bridgehead atoms. The third-order valence-corrected chi connectivity index (χ3v) is 4.00. The van der Waals surface area contributed by atoms with Crippen LogP contribution in [0.5, 0.6) is 0 Å². The van der Waals surface area contributed by atoms with E-state index in [4.69, 9.17) is 0 Å². The third-order valence-electron chi connectivity index (χ3n) is 3.27. The molecule has 0 N–H and O–H groups in total. The van der Waals surface area contributed by atoms with Crippen LogP contribution in [0.4, 0.5) is 0 Å². The Hall–Kier alpha value is -2.46. The van der Waals surface area contributed by atoms with Crippen LogP contribution in [0.2, 0.25) is 0 Å². The second kappa shape index (κ2) is 6.54. The minimum absolute atomic E-state index is 0.0204. The van der Waals surface area contributed by atoms with Crippen molar-refractivity contribution in [3.8, 4) is 5.69 Å². The van der Waals surface area contributed by atoms with Gasteiger partial charge in [0, 0.05) is 28.1 Å². The molecule has 0 radical (unpaired) electrons. The first-order chi connectivity index (χ1) is 10.7. The molecule has 0 saturated heterocycles. The molecule has 0 aliphatic carbocycles. The summed E-state index contributed by atoms with van der Waals surface area (Å²) in [7, 11) is 0. The molecule has 0 unspecified atom stereocenters. The topological polar surface area (TPSA) is 34.9 Å². The minimum atomic E-state index is -0.0204. The molecule has 3 aromatic rings. The second-order valence-corrected chi connectivity index (χ2v) is 5.59. The molecule has 22 heavy (non-hydrogen) atoms. The van der Waals surface area contributed by atoms with Crippen molar-refractivity contribution < 1.29 is 4.79 Å². The van der Waals surface area contributed by atoms with Crippen molar-refractivity contribution in [3.63, 3.8) is 0 Å². The van der Waals surface area contributed by atoms with Gasteiger partial charge in [0.25, 0.3) is 0 Å². The quantitative estimate of drug-likeness (QED) is 0.510. The summed E-state index contributed by atoms with van der Waals surface area (Å²) in [6.45, 7) is 0. The molecule has 0 spiro atoms. The fraction of sp³-hybridized carbons (Fsp3) is 0. The van der Waals surface area contributed by atoms with Gasteiger partial charge in [0.15, 0.2) is 5.78 Å². The smallest absolute Gasteiger partial charge is 0.185 e. The zero-order chi connectivity index (χ0) is 15.4. The SMILES string of the molecule is O=C(/C=C\c1ccccc1Br)c1ccc(-n2ccnc2)cc1. The Morgan fingerprint density at radius 3 is 2.55 bits per heavy atom. The highest BCUT2D eigenvalue weighted by Gasteiger charge is 2.03. The first kappa shape index (κ1) is 14.5. The van der Waals surface area contributed by atoms with Gasteiger partial charge in [0.1, 0.15) is 0 Å². The fourth-order valence-electron chi connectivity index (χ4n) is 2.08. The van der Waals surface area contributed by atoms with Crippen LogP contribution in [0.3, 0.4) is 0 Å². The zero-order valence-electron chi connectivity index (χ0n) is 11.7. The average Bonchev–Trinajstić information content (AvgIpc) is 3.08. The summed E-state index contributed by atoms with van der Waals surface area (Å²) in [6, 6.07) is 15.2. The van der Waals surface area contributed by atoms with Crippen LogP contribution in [0, 0.1) is 0 Å². The van der Waals surface area contributed by atoms with Crippen molar-refractivity contribution in [2.24, 2.45) is 0 Å². The highest BCUT2D eigenvalue weighted by atomic mass is 79.9. The summed E-state index contributed by atoms with van der Waals surface area (Å²) in [6.07, 6.45) is 8.72. The predicted octanol–water partition coefficient (Wildman–Crippen LogP) is 4.53. The van der Waals surface area contributed by atoms with E-state index in [0.717, 1.165) is 15.7 Å². The molecular formula is C18H13BrN2O. The van der Waals surface area contributed by atoms with Gasteiger partial charge in [-0.25, -0.2) is 4.98 Å². The van der Waals surface area contributed by atoms with E-state index >= 15 is 0 Å². The molecule has 2 aromatic carbocycles. The average molecular weight is 353 g/mol. The first-order valence-electron chi connectivity index (χ1n) is 6.79. The van der Waals surface area contributed by atoms with Crippen molar-refractivity contribution >= 4 is 27.8 Å². The van der Waals surface area contributed by atoms with Crippen molar-refractivity contribution in [1.29, 1.82) is 0 Å². The van der Waals surface area contributed by atoms with Gasteiger partial charge in [0.2, 0.25) is 0 Å². The van der Waals surface area contributed by atoms with Gasteiger partial charge in [0.05, 0.1) is 6.33 Å². The zero-order valence-corrected chi connectivity index (χ0v) is 13.3. The summed E-state index contributed by atoms with van der Waals surface area (Å²) in [5, 5.41) is 0. The molecule has 3 rings (SSSR count). The fourth-order valence-corrected chi connectivity index (χ4v) is 2.50. The van der Waals surface area contributed by atoms with Gasteiger partial charge in [-0.1, -0.05) is 34.1 Å². The molecule has 0 aliphatic rings. The lowest BCUT2D eigenvalue weighted by molar-refractivity contribution is 0.104. The van der Waals surface area contributed by atoms with E-state index in [1.54, 1.807) is 18.6 Å². The maximum Gasteiger partial charge on any atom is 0.185 e. The molecule has 3 nitrogen and oxygen atoms in total. The number of imidazole rings is 1. The molecule has 0 amide bonds. The van der Waals surface area contributed by atoms with Crippen LogP contribution in [0.15, 0.2) is 77.8 Å². The van der Waals surface area contributed by atoms with E-state index in [1.165, 1.54) is 0 Å². The van der Waals surface area contributed by atoms with Crippen LogP contribution >= 0.6 is 15.9 Å². The van der Waals surface area contributed by atoms with Crippen molar-refractivity contribution in [3.05, 3.63) is 88.9 Å². The van der Waals surface area contributed by atoms with E-state index in [9.17, 15) is 4.79 Å². The third kappa shape index (κ3) is 3.23. The van der Waals surface area contributed by atoms with Gasteiger partial charge in [-0.15, -0.1) is 0 Å². The molecule has 0 saturated carbocycles. The molecule has 108 valence electrons. The highest BCUT2D eigenvalue weighted by Crippen LogP contribution is 2.18. The molecule has 0 aliphatic heterocycles. The van der Waals surface area contributed by atoms with Gasteiger partial charge in [-0.05, 0) is 48.0 Å². The standard InChI is InChI=1S/C18H13BrN2O/c19-17-4-2-1-3-14(17)7-10-18(22)15-5-8-16(9-6-15)21-12-11-20-13-21/h1-13H/b10-7-. The molecular weight excluding hydrogens is 340 g/mol. The van der Waals surface area contributed by atoms with Crippen molar-refractivity contribution in [2.75, 3.05) is 0 Å². The van der Waals surface area contributed by atoms with Crippen LogP contribution in [-0.2, 0) is 0 Å². The Morgan fingerprint density at radius 1 is 1.09 bits per heavy atom. The maximum atomic E-state index is 12.2. The number of aromatic nitrogens is 2. The van der Waals surface area contributed by atoms with Crippen LogP contribution in [-0.4, -0.2) is 15.3 Å². The van der Waals surface area contributed by atoms with E-state index in [2.05, 4.69) is 20.9 Å². The number of ketones is 1. The predicted molar refractivity (Wildman–Crippen MR) is 91.1 cm³/mol. The number of nitrogens with zero attached hydrogens (tertiary/aromatic N) is 2.